The van der Waals surface area contributed by atoms with E-state index in [1.807, 2.05) is 13.0 Å². The van der Waals surface area contributed by atoms with Crippen LogP contribution in [0, 0.1) is 0 Å². The van der Waals surface area contributed by atoms with E-state index in [2.05, 4.69) is 35.9 Å². The maximum Gasteiger partial charge on any atom is 0.317 e. The fourth-order valence-corrected chi connectivity index (χ4v) is 1.28. The van der Waals surface area contributed by atoms with Gasteiger partial charge < -0.3 is 5.11 Å². The molecule has 1 unspecified atom stereocenters. The number of allylic oxidation sites excluding steroid dienone is 4. The Morgan fingerprint density at radius 2 is 1.93 bits per heavy atom. The molecule has 0 radical (unpaired) electrons. The van der Waals surface area contributed by atoms with Crippen molar-refractivity contribution < 1.29 is 9.90 Å². The van der Waals surface area contributed by atoms with Gasteiger partial charge in [0.1, 0.15) is 4.83 Å². The fourth-order valence-electron chi connectivity index (χ4n) is 1.10. The molecule has 0 heterocycles. The molecule has 3 heteroatoms. The third kappa shape index (κ3) is 8.43. The molecule has 0 rings (SSSR count). The molecule has 0 aliphatic rings. The van der Waals surface area contributed by atoms with E-state index < -0.39 is 10.8 Å². The van der Waals surface area contributed by atoms with Crippen LogP contribution in [0.1, 0.15) is 40.0 Å². The second-order valence-electron chi connectivity index (χ2n) is 3.91. The summed E-state index contributed by atoms with van der Waals surface area (Å²) in [5.41, 5.74) is 2.57. The van der Waals surface area contributed by atoms with Gasteiger partial charge in [0, 0.05) is 0 Å². The summed E-state index contributed by atoms with van der Waals surface area (Å²) in [6, 6.07) is 0. The normalized spacial score (nSPS) is 13.5. The third-order valence-electron chi connectivity index (χ3n) is 2.03. The van der Waals surface area contributed by atoms with E-state index in [0.717, 1.165) is 12.8 Å². The lowest BCUT2D eigenvalue weighted by Gasteiger charge is -2.02. The van der Waals surface area contributed by atoms with Crippen LogP contribution in [-0.4, -0.2) is 15.9 Å². The van der Waals surface area contributed by atoms with Crippen LogP contribution in [0.25, 0.3) is 0 Å². The maximum atomic E-state index is 10.5. The number of carboxylic acids is 1. The number of carbonyl (C=O) groups is 1. The molecular weight excluding hydrogens is 256 g/mol. The van der Waals surface area contributed by atoms with Crippen LogP contribution in [0.15, 0.2) is 23.3 Å². The molecule has 86 valence electrons. The topological polar surface area (TPSA) is 37.3 Å². The first-order valence-corrected chi connectivity index (χ1v) is 6.01. The molecule has 0 aromatic carbocycles. The third-order valence-corrected chi connectivity index (χ3v) is 2.80. The SMILES string of the molecule is CC(C)=CCCC(C)=CCC(Br)C(=O)O. The first-order chi connectivity index (χ1) is 6.93. The first-order valence-electron chi connectivity index (χ1n) is 5.09. The molecule has 0 saturated heterocycles. The Morgan fingerprint density at radius 1 is 1.33 bits per heavy atom. The van der Waals surface area contributed by atoms with Crippen LogP contribution in [0.4, 0.5) is 0 Å². The highest BCUT2D eigenvalue weighted by Crippen LogP contribution is 2.12. The minimum atomic E-state index is -0.802. The molecule has 1 atom stereocenters. The average molecular weight is 275 g/mol. The van der Waals surface area contributed by atoms with Gasteiger partial charge >= 0.3 is 5.97 Å². The van der Waals surface area contributed by atoms with Gasteiger partial charge in [0.2, 0.25) is 0 Å². The average Bonchev–Trinajstić information content (AvgIpc) is 2.13. The molecule has 15 heavy (non-hydrogen) atoms. The highest BCUT2D eigenvalue weighted by molar-refractivity contribution is 9.10. The Labute approximate surface area is 100 Å². The van der Waals surface area contributed by atoms with Gasteiger partial charge in [-0.2, -0.15) is 0 Å². The van der Waals surface area contributed by atoms with E-state index in [0.29, 0.717) is 6.42 Å². The Morgan fingerprint density at radius 3 is 2.40 bits per heavy atom. The number of alkyl halides is 1. The molecule has 0 aromatic heterocycles. The van der Waals surface area contributed by atoms with E-state index >= 15 is 0 Å². The van der Waals surface area contributed by atoms with E-state index in [9.17, 15) is 4.79 Å². The van der Waals surface area contributed by atoms with E-state index in [1.54, 1.807) is 0 Å². The van der Waals surface area contributed by atoms with Gasteiger partial charge in [0.25, 0.3) is 0 Å². The molecule has 0 aliphatic heterocycles. The predicted molar refractivity (Wildman–Crippen MR) is 67.4 cm³/mol. The summed E-state index contributed by atoms with van der Waals surface area (Å²) in [7, 11) is 0. The summed E-state index contributed by atoms with van der Waals surface area (Å²) in [5, 5.41) is 8.66. The van der Waals surface area contributed by atoms with Crippen LogP contribution in [0.5, 0.6) is 0 Å². The smallest absolute Gasteiger partial charge is 0.317 e. The molecule has 0 spiro atoms. The van der Waals surface area contributed by atoms with E-state index in [4.69, 9.17) is 5.11 Å². The summed E-state index contributed by atoms with van der Waals surface area (Å²) in [4.78, 5) is 10.1. The fraction of sp³-hybridized carbons (Fsp3) is 0.583. The van der Waals surface area contributed by atoms with Crippen LogP contribution in [-0.2, 0) is 4.79 Å². The summed E-state index contributed by atoms with van der Waals surface area (Å²) in [6.45, 7) is 6.20. The van der Waals surface area contributed by atoms with Gasteiger partial charge in [0.15, 0.2) is 0 Å². The molecule has 0 aliphatic carbocycles. The molecule has 0 bridgehead atoms. The first kappa shape index (κ1) is 14.4. The number of carboxylic acid groups (broad SMARTS) is 1. The van der Waals surface area contributed by atoms with Crippen molar-refractivity contribution >= 4 is 21.9 Å². The lowest BCUT2D eigenvalue weighted by Crippen LogP contribution is -2.11. The number of hydrogen-bond donors (Lipinski definition) is 1. The van der Waals surface area contributed by atoms with Gasteiger partial charge in [-0.1, -0.05) is 39.2 Å². The summed E-state index contributed by atoms with van der Waals surface area (Å²) in [6.07, 6.45) is 6.78. The summed E-state index contributed by atoms with van der Waals surface area (Å²) < 4.78 is 0. The Hall–Kier alpha value is -0.570. The number of halogens is 1. The van der Waals surface area contributed by atoms with Crippen molar-refractivity contribution in [2.75, 3.05) is 0 Å². The van der Waals surface area contributed by atoms with Crippen molar-refractivity contribution in [3.63, 3.8) is 0 Å². The molecule has 0 aromatic rings. The minimum Gasteiger partial charge on any atom is -0.480 e. The molecule has 0 fully saturated rings. The van der Waals surface area contributed by atoms with Crippen molar-refractivity contribution in [2.24, 2.45) is 0 Å². The van der Waals surface area contributed by atoms with Gasteiger partial charge in [-0.25, -0.2) is 0 Å². The second kappa shape index (κ2) is 7.69. The van der Waals surface area contributed by atoms with Crippen molar-refractivity contribution in [3.05, 3.63) is 23.3 Å². The summed E-state index contributed by atoms with van der Waals surface area (Å²) in [5.74, 6) is -0.802. The number of hydrogen-bond acceptors (Lipinski definition) is 1. The zero-order valence-electron chi connectivity index (χ0n) is 9.59. The largest absolute Gasteiger partial charge is 0.480 e. The Balaban J connectivity index is 3.89. The van der Waals surface area contributed by atoms with Crippen LogP contribution < -0.4 is 0 Å². The highest BCUT2D eigenvalue weighted by Gasteiger charge is 2.10. The van der Waals surface area contributed by atoms with Gasteiger partial charge in [-0.3, -0.25) is 4.79 Å². The summed E-state index contributed by atoms with van der Waals surface area (Å²) >= 11 is 3.11. The molecule has 1 N–H and O–H groups in total. The van der Waals surface area contributed by atoms with Crippen LogP contribution in [0.2, 0.25) is 0 Å². The van der Waals surface area contributed by atoms with Crippen molar-refractivity contribution in [3.8, 4) is 0 Å². The minimum absolute atomic E-state index is 0.462. The molecule has 2 nitrogen and oxygen atoms in total. The van der Waals surface area contributed by atoms with Gasteiger partial charge in [-0.05, 0) is 40.0 Å². The van der Waals surface area contributed by atoms with Crippen LogP contribution in [0.3, 0.4) is 0 Å². The monoisotopic (exact) mass is 274 g/mol. The standard InChI is InChI=1S/C12H19BrO2/c1-9(2)5-4-6-10(3)7-8-11(13)12(14)15/h5,7,11H,4,6,8H2,1-3H3,(H,14,15). The Kier molecular flexibility index (Phi) is 7.39. The lowest BCUT2D eigenvalue weighted by atomic mass is 10.1. The molecule has 0 amide bonds. The number of aliphatic carboxylic acids is 1. The maximum absolute atomic E-state index is 10.5. The molecule has 0 saturated carbocycles. The predicted octanol–water partition coefficient (Wildman–Crippen LogP) is 3.92. The highest BCUT2D eigenvalue weighted by atomic mass is 79.9. The lowest BCUT2D eigenvalue weighted by molar-refractivity contribution is -0.136. The van der Waals surface area contributed by atoms with Crippen LogP contribution >= 0.6 is 15.9 Å². The van der Waals surface area contributed by atoms with E-state index in [1.165, 1.54) is 11.1 Å². The molecular formula is C12H19BrO2. The van der Waals surface area contributed by atoms with Gasteiger partial charge in [-0.15, -0.1) is 0 Å². The van der Waals surface area contributed by atoms with Crippen molar-refractivity contribution in [1.29, 1.82) is 0 Å². The van der Waals surface area contributed by atoms with Crippen molar-refractivity contribution in [1.82, 2.24) is 0 Å². The second-order valence-corrected chi connectivity index (χ2v) is 5.02. The zero-order chi connectivity index (χ0) is 11.8. The van der Waals surface area contributed by atoms with Gasteiger partial charge in [0.05, 0.1) is 0 Å². The zero-order valence-corrected chi connectivity index (χ0v) is 11.2. The number of rotatable bonds is 6. The Bertz CT molecular complexity index is 263. The quantitative estimate of drug-likeness (QED) is 0.589. The van der Waals surface area contributed by atoms with Crippen molar-refractivity contribution in [2.45, 2.75) is 44.9 Å². The van der Waals surface area contributed by atoms with E-state index in [-0.39, 0.29) is 0 Å².